The van der Waals surface area contributed by atoms with Crippen molar-refractivity contribution in [3.05, 3.63) is 45.4 Å². The topological polar surface area (TPSA) is 45.2 Å². The Bertz CT molecular complexity index is 585. The maximum absolute atomic E-state index is 12.2. The quantitative estimate of drug-likeness (QED) is 0.942. The fourth-order valence-corrected chi connectivity index (χ4v) is 2.78. The maximum Gasteiger partial charge on any atom is 0.272 e. The number of amides is 1. The van der Waals surface area contributed by atoms with E-state index in [-0.39, 0.29) is 5.91 Å². The number of pyridine rings is 1. The van der Waals surface area contributed by atoms with Gasteiger partial charge in [-0.2, -0.15) is 0 Å². The van der Waals surface area contributed by atoms with E-state index in [0.717, 1.165) is 14.9 Å². The molecular formula is C13H14ClN3OS. The van der Waals surface area contributed by atoms with Gasteiger partial charge in [-0.3, -0.25) is 9.78 Å². The molecule has 2 aromatic rings. The highest BCUT2D eigenvalue weighted by molar-refractivity contribution is 7.16. The van der Waals surface area contributed by atoms with Crippen LogP contribution in [-0.2, 0) is 6.54 Å². The summed E-state index contributed by atoms with van der Waals surface area (Å²) in [6, 6.07) is 7.31. The SMILES string of the molecule is CNc1ccnc(C(=O)N(C)Cc2ccc(Cl)s2)c1. The lowest BCUT2D eigenvalue weighted by atomic mass is 10.3. The summed E-state index contributed by atoms with van der Waals surface area (Å²) in [7, 11) is 3.56. The number of anilines is 1. The first-order chi connectivity index (χ1) is 9.10. The maximum atomic E-state index is 12.2. The number of aromatic nitrogens is 1. The van der Waals surface area contributed by atoms with E-state index < -0.39 is 0 Å². The van der Waals surface area contributed by atoms with E-state index in [1.165, 1.54) is 11.3 Å². The van der Waals surface area contributed by atoms with E-state index >= 15 is 0 Å². The van der Waals surface area contributed by atoms with E-state index in [4.69, 9.17) is 11.6 Å². The van der Waals surface area contributed by atoms with Gasteiger partial charge in [0.15, 0.2) is 0 Å². The van der Waals surface area contributed by atoms with Crippen LogP contribution in [0, 0.1) is 0 Å². The van der Waals surface area contributed by atoms with Gasteiger partial charge < -0.3 is 10.2 Å². The minimum absolute atomic E-state index is 0.110. The molecule has 100 valence electrons. The molecule has 0 fully saturated rings. The van der Waals surface area contributed by atoms with Crippen LogP contribution < -0.4 is 5.32 Å². The molecule has 0 aliphatic carbocycles. The van der Waals surface area contributed by atoms with Crippen molar-refractivity contribution in [2.45, 2.75) is 6.54 Å². The number of nitrogens with one attached hydrogen (secondary N) is 1. The van der Waals surface area contributed by atoms with Crippen LogP contribution in [0.15, 0.2) is 30.5 Å². The molecule has 0 saturated carbocycles. The number of halogens is 1. The minimum atomic E-state index is -0.110. The van der Waals surface area contributed by atoms with Gasteiger partial charge in [0.05, 0.1) is 10.9 Å². The smallest absolute Gasteiger partial charge is 0.272 e. The molecule has 0 bridgehead atoms. The zero-order valence-corrected chi connectivity index (χ0v) is 12.3. The van der Waals surface area contributed by atoms with Gasteiger partial charge in [-0.15, -0.1) is 11.3 Å². The predicted octanol–water partition coefficient (Wildman–Crippen LogP) is 3.11. The third kappa shape index (κ3) is 3.45. The standard InChI is InChI=1S/C13H14ClN3OS/c1-15-9-5-6-16-11(7-9)13(18)17(2)8-10-3-4-12(14)19-10/h3-7H,8H2,1-2H3,(H,15,16). The van der Waals surface area contributed by atoms with Gasteiger partial charge >= 0.3 is 0 Å². The first kappa shape index (κ1) is 13.8. The highest BCUT2D eigenvalue weighted by atomic mass is 35.5. The average molecular weight is 296 g/mol. The summed E-state index contributed by atoms with van der Waals surface area (Å²) in [4.78, 5) is 19.0. The highest BCUT2D eigenvalue weighted by Crippen LogP contribution is 2.22. The molecule has 4 nitrogen and oxygen atoms in total. The second-order valence-corrected chi connectivity index (χ2v) is 5.85. The molecule has 2 aromatic heterocycles. The van der Waals surface area contributed by atoms with Crippen LogP contribution in [0.25, 0.3) is 0 Å². The molecule has 0 aliphatic rings. The first-order valence-electron chi connectivity index (χ1n) is 5.73. The first-order valence-corrected chi connectivity index (χ1v) is 6.93. The molecule has 0 radical (unpaired) electrons. The lowest BCUT2D eigenvalue weighted by molar-refractivity contribution is 0.0780. The lowest BCUT2D eigenvalue weighted by Crippen LogP contribution is -2.26. The zero-order valence-electron chi connectivity index (χ0n) is 10.7. The lowest BCUT2D eigenvalue weighted by Gasteiger charge is -2.16. The Morgan fingerprint density at radius 1 is 1.47 bits per heavy atom. The van der Waals surface area contributed by atoms with Crippen LogP contribution in [0.4, 0.5) is 5.69 Å². The Balaban J connectivity index is 2.09. The Hall–Kier alpha value is -1.59. The molecule has 1 N–H and O–H groups in total. The molecule has 2 rings (SSSR count). The molecule has 0 aromatic carbocycles. The van der Waals surface area contributed by atoms with Gasteiger partial charge in [0.25, 0.3) is 5.91 Å². The fourth-order valence-electron chi connectivity index (χ4n) is 1.64. The van der Waals surface area contributed by atoms with Gasteiger partial charge in [-0.05, 0) is 24.3 Å². The summed E-state index contributed by atoms with van der Waals surface area (Å²) >= 11 is 7.35. The monoisotopic (exact) mass is 295 g/mol. The van der Waals surface area contributed by atoms with E-state index in [0.29, 0.717) is 12.2 Å². The van der Waals surface area contributed by atoms with Crippen molar-refractivity contribution in [3.63, 3.8) is 0 Å². The normalized spacial score (nSPS) is 10.3. The molecule has 19 heavy (non-hydrogen) atoms. The van der Waals surface area contributed by atoms with Crippen molar-refractivity contribution in [2.75, 3.05) is 19.4 Å². The van der Waals surface area contributed by atoms with Crippen LogP contribution in [0.5, 0.6) is 0 Å². The largest absolute Gasteiger partial charge is 0.388 e. The zero-order chi connectivity index (χ0) is 13.8. The molecule has 0 atom stereocenters. The van der Waals surface area contributed by atoms with Gasteiger partial charge in [0.1, 0.15) is 5.69 Å². The number of carbonyl (C=O) groups is 1. The van der Waals surface area contributed by atoms with Gasteiger partial charge in [-0.1, -0.05) is 11.6 Å². The average Bonchev–Trinajstić information content (AvgIpc) is 2.83. The van der Waals surface area contributed by atoms with Crippen LogP contribution in [0.2, 0.25) is 4.34 Å². The molecule has 0 saturated heterocycles. The van der Waals surface area contributed by atoms with Crippen LogP contribution in [0.3, 0.4) is 0 Å². The Labute approximate surface area is 121 Å². The summed E-state index contributed by atoms with van der Waals surface area (Å²) < 4.78 is 0.728. The van der Waals surface area contributed by atoms with Crippen molar-refractivity contribution >= 4 is 34.5 Å². The van der Waals surface area contributed by atoms with Crippen molar-refractivity contribution in [2.24, 2.45) is 0 Å². The van der Waals surface area contributed by atoms with Gasteiger partial charge in [-0.25, -0.2) is 0 Å². The third-order valence-electron chi connectivity index (χ3n) is 2.64. The second-order valence-electron chi connectivity index (χ2n) is 4.05. The van der Waals surface area contributed by atoms with Crippen LogP contribution >= 0.6 is 22.9 Å². The van der Waals surface area contributed by atoms with Gasteiger partial charge in [0, 0.05) is 30.9 Å². The molecule has 6 heteroatoms. The Morgan fingerprint density at radius 3 is 2.89 bits per heavy atom. The second kappa shape index (κ2) is 6.04. The van der Waals surface area contributed by atoms with E-state index in [1.54, 1.807) is 31.3 Å². The number of nitrogens with zero attached hydrogens (tertiary/aromatic N) is 2. The Morgan fingerprint density at radius 2 is 2.26 bits per heavy atom. The van der Waals surface area contributed by atoms with Crippen LogP contribution in [0.1, 0.15) is 15.4 Å². The van der Waals surface area contributed by atoms with E-state index in [9.17, 15) is 4.79 Å². The van der Waals surface area contributed by atoms with Crippen molar-refractivity contribution < 1.29 is 4.79 Å². The summed E-state index contributed by atoms with van der Waals surface area (Å²) in [5.41, 5.74) is 1.29. The summed E-state index contributed by atoms with van der Waals surface area (Å²) in [5, 5.41) is 2.99. The molecule has 2 heterocycles. The van der Waals surface area contributed by atoms with E-state index in [2.05, 4.69) is 10.3 Å². The summed E-state index contributed by atoms with van der Waals surface area (Å²) in [5.74, 6) is -0.110. The van der Waals surface area contributed by atoms with Crippen molar-refractivity contribution in [3.8, 4) is 0 Å². The highest BCUT2D eigenvalue weighted by Gasteiger charge is 2.14. The number of rotatable bonds is 4. The minimum Gasteiger partial charge on any atom is -0.388 e. The van der Waals surface area contributed by atoms with Gasteiger partial charge in [0.2, 0.25) is 0 Å². The molecular weight excluding hydrogens is 282 g/mol. The predicted molar refractivity (Wildman–Crippen MR) is 78.9 cm³/mol. The molecule has 0 aliphatic heterocycles. The number of carbonyl (C=O) groups excluding carboxylic acids is 1. The number of hydrogen-bond donors (Lipinski definition) is 1. The van der Waals surface area contributed by atoms with Crippen molar-refractivity contribution in [1.82, 2.24) is 9.88 Å². The fraction of sp³-hybridized carbons (Fsp3) is 0.231. The number of thiophene rings is 1. The molecule has 0 unspecified atom stereocenters. The molecule has 0 spiro atoms. The summed E-state index contributed by atoms with van der Waals surface area (Å²) in [6.07, 6.45) is 1.62. The third-order valence-corrected chi connectivity index (χ3v) is 3.85. The molecule has 1 amide bonds. The van der Waals surface area contributed by atoms with Crippen molar-refractivity contribution in [1.29, 1.82) is 0 Å². The number of hydrogen-bond acceptors (Lipinski definition) is 4. The summed E-state index contributed by atoms with van der Waals surface area (Å²) in [6.45, 7) is 0.529. The Kier molecular flexibility index (Phi) is 4.39. The van der Waals surface area contributed by atoms with Crippen LogP contribution in [-0.4, -0.2) is 29.9 Å². The van der Waals surface area contributed by atoms with E-state index in [1.807, 2.05) is 18.2 Å².